The zero-order valence-electron chi connectivity index (χ0n) is 13.9. The highest BCUT2D eigenvalue weighted by Gasteiger charge is 2.27. The molecule has 0 saturated carbocycles. The fraction of sp³-hybridized carbons (Fsp3) is 0.500. The number of likely N-dealkylation sites (tertiary alicyclic amines) is 1. The van der Waals surface area contributed by atoms with E-state index < -0.39 is 17.0 Å². The van der Waals surface area contributed by atoms with Crippen LogP contribution in [-0.4, -0.2) is 54.0 Å². The summed E-state index contributed by atoms with van der Waals surface area (Å²) in [5.74, 6) is -0.636. The van der Waals surface area contributed by atoms with Gasteiger partial charge < -0.3 is 9.64 Å². The maximum Gasteiger partial charge on any atom is 0.337 e. The van der Waals surface area contributed by atoms with Crippen molar-refractivity contribution in [2.45, 2.75) is 25.8 Å². The summed E-state index contributed by atoms with van der Waals surface area (Å²) in [6, 6.07) is 4.97. The number of esters is 1. The maximum absolute atomic E-state index is 12.7. The Labute approximate surface area is 139 Å². The highest BCUT2D eigenvalue weighted by Crippen LogP contribution is 2.24. The van der Waals surface area contributed by atoms with Crippen LogP contribution in [0.5, 0.6) is 0 Å². The molecule has 1 aromatic carbocycles. The van der Waals surface area contributed by atoms with Gasteiger partial charge in [0.1, 0.15) is 11.0 Å². The first-order chi connectivity index (χ1) is 10.8. The summed E-state index contributed by atoms with van der Waals surface area (Å²) in [5, 5.41) is 0. The van der Waals surface area contributed by atoms with Crippen LogP contribution in [0, 0.1) is 0 Å². The van der Waals surface area contributed by atoms with Crippen molar-refractivity contribution in [1.29, 1.82) is 0 Å². The first-order valence-corrected chi connectivity index (χ1v) is 8.98. The van der Waals surface area contributed by atoms with E-state index in [-0.39, 0.29) is 17.5 Å². The van der Waals surface area contributed by atoms with Gasteiger partial charge in [-0.15, -0.1) is 0 Å². The van der Waals surface area contributed by atoms with E-state index in [1.165, 1.54) is 23.7 Å². The number of benzene rings is 1. The van der Waals surface area contributed by atoms with Crippen molar-refractivity contribution in [3.63, 3.8) is 0 Å². The van der Waals surface area contributed by atoms with Gasteiger partial charge in [-0.25, -0.2) is 9.00 Å². The minimum atomic E-state index is -1.26. The highest BCUT2D eigenvalue weighted by atomic mass is 32.2. The lowest BCUT2D eigenvalue weighted by Gasteiger charge is -2.23. The van der Waals surface area contributed by atoms with Crippen LogP contribution in [0.15, 0.2) is 18.2 Å². The zero-order valence-corrected chi connectivity index (χ0v) is 14.7. The smallest absolute Gasteiger partial charge is 0.337 e. The van der Waals surface area contributed by atoms with Gasteiger partial charge in [0.25, 0.3) is 5.91 Å². The van der Waals surface area contributed by atoms with Crippen LogP contribution in [0.2, 0.25) is 0 Å². The van der Waals surface area contributed by atoms with Crippen LogP contribution in [-0.2, 0) is 15.7 Å². The second kappa shape index (κ2) is 7.12. The van der Waals surface area contributed by atoms with Gasteiger partial charge >= 0.3 is 5.97 Å². The standard InChI is InChI=1S/C16H22N2O4S/c1-11-6-5-7-18(11)15(19)12-8-13(16(20)22-3)10-14(9-12)17(2)23(4)21/h8-11H,5-7H2,1-4H3/t11-,23?/m0/s1. The second-order valence-corrected chi connectivity index (χ2v) is 7.07. The lowest BCUT2D eigenvalue weighted by Crippen LogP contribution is -2.34. The summed E-state index contributed by atoms with van der Waals surface area (Å²) >= 11 is 0. The predicted molar refractivity (Wildman–Crippen MR) is 90.0 cm³/mol. The van der Waals surface area contributed by atoms with Gasteiger partial charge in [-0.2, -0.15) is 0 Å². The molecule has 1 aromatic rings. The lowest BCUT2D eigenvalue weighted by molar-refractivity contribution is 0.0600. The van der Waals surface area contributed by atoms with Gasteiger partial charge in [0.2, 0.25) is 0 Å². The molecule has 1 aliphatic heterocycles. The molecule has 6 nitrogen and oxygen atoms in total. The van der Waals surface area contributed by atoms with Crippen LogP contribution in [0.3, 0.4) is 0 Å². The first-order valence-electron chi connectivity index (χ1n) is 7.46. The van der Waals surface area contributed by atoms with Crippen molar-refractivity contribution in [2.75, 3.05) is 31.3 Å². The van der Waals surface area contributed by atoms with Crippen molar-refractivity contribution in [2.24, 2.45) is 0 Å². The molecule has 126 valence electrons. The Bertz CT molecular complexity index is 647. The van der Waals surface area contributed by atoms with Crippen LogP contribution in [0.1, 0.15) is 40.5 Å². The van der Waals surface area contributed by atoms with Gasteiger partial charge in [-0.3, -0.25) is 9.10 Å². The number of hydrogen-bond acceptors (Lipinski definition) is 4. The minimum absolute atomic E-state index is 0.114. The second-order valence-electron chi connectivity index (χ2n) is 5.67. The van der Waals surface area contributed by atoms with Crippen LogP contribution in [0.25, 0.3) is 0 Å². The van der Waals surface area contributed by atoms with Gasteiger partial charge in [-0.1, -0.05) is 0 Å². The van der Waals surface area contributed by atoms with E-state index in [1.54, 1.807) is 19.2 Å². The molecule has 0 N–H and O–H groups in total. The monoisotopic (exact) mass is 338 g/mol. The summed E-state index contributed by atoms with van der Waals surface area (Å²) < 4.78 is 18.0. The molecule has 7 heteroatoms. The van der Waals surface area contributed by atoms with E-state index in [2.05, 4.69) is 0 Å². The number of hydrogen-bond donors (Lipinski definition) is 0. The predicted octanol–water partition coefficient (Wildman–Crippen LogP) is 1.83. The Morgan fingerprint density at radius 3 is 2.48 bits per heavy atom. The van der Waals surface area contributed by atoms with Gasteiger partial charge in [0.05, 0.1) is 18.4 Å². The number of carbonyl (C=O) groups is 2. The molecule has 0 radical (unpaired) electrons. The molecule has 1 heterocycles. The Morgan fingerprint density at radius 2 is 1.96 bits per heavy atom. The molecule has 1 aliphatic rings. The van der Waals surface area contributed by atoms with Crippen LogP contribution >= 0.6 is 0 Å². The van der Waals surface area contributed by atoms with E-state index in [0.29, 0.717) is 17.8 Å². The molecule has 0 spiro atoms. The molecule has 1 unspecified atom stereocenters. The van der Waals surface area contributed by atoms with Crippen molar-refractivity contribution < 1.29 is 18.5 Å². The number of ether oxygens (including phenoxy) is 1. The number of methoxy groups -OCH3 is 1. The van der Waals surface area contributed by atoms with Crippen molar-refractivity contribution in [3.8, 4) is 0 Å². The topological polar surface area (TPSA) is 66.9 Å². The molecule has 1 fully saturated rings. The molecule has 1 saturated heterocycles. The number of amides is 1. The molecule has 0 bridgehead atoms. The fourth-order valence-corrected chi connectivity index (χ4v) is 3.10. The maximum atomic E-state index is 12.7. The molecular formula is C16H22N2O4S. The van der Waals surface area contributed by atoms with Crippen LogP contribution < -0.4 is 4.31 Å². The van der Waals surface area contributed by atoms with Crippen molar-refractivity contribution in [1.82, 2.24) is 4.90 Å². The molecular weight excluding hydrogens is 316 g/mol. The normalized spacial score (nSPS) is 18.6. The summed E-state index contributed by atoms with van der Waals surface area (Å²) in [5.41, 5.74) is 1.23. The molecule has 0 aromatic heterocycles. The summed E-state index contributed by atoms with van der Waals surface area (Å²) in [7, 11) is 1.69. The Morgan fingerprint density at radius 1 is 1.30 bits per heavy atom. The Kier molecular flexibility index (Phi) is 5.41. The highest BCUT2D eigenvalue weighted by molar-refractivity contribution is 7.85. The third-order valence-electron chi connectivity index (χ3n) is 4.15. The molecule has 0 aliphatic carbocycles. The van der Waals surface area contributed by atoms with Gasteiger partial charge in [0.15, 0.2) is 0 Å². The average molecular weight is 338 g/mol. The summed E-state index contributed by atoms with van der Waals surface area (Å²) in [6.45, 7) is 2.73. The van der Waals surface area contributed by atoms with Gasteiger partial charge in [0, 0.05) is 31.5 Å². The van der Waals surface area contributed by atoms with E-state index in [1.807, 2.05) is 11.8 Å². The van der Waals surface area contributed by atoms with Crippen molar-refractivity contribution >= 4 is 28.5 Å². The average Bonchev–Trinajstić information content (AvgIpc) is 2.97. The van der Waals surface area contributed by atoms with Crippen molar-refractivity contribution in [3.05, 3.63) is 29.3 Å². The fourth-order valence-electron chi connectivity index (χ4n) is 2.70. The van der Waals surface area contributed by atoms with Crippen LogP contribution in [0.4, 0.5) is 5.69 Å². The summed E-state index contributed by atoms with van der Waals surface area (Å²) in [4.78, 5) is 26.4. The lowest BCUT2D eigenvalue weighted by atomic mass is 10.1. The number of anilines is 1. The summed E-state index contributed by atoms with van der Waals surface area (Å²) in [6.07, 6.45) is 3.50. The Hall–Kier alpha value is -1.89. The minimum Gasteiger partial charge on any atom is -0.465 e. The number of carbonyl (C=O) groups excluding carboxylic acids is 2. The quantitative estimate of drug-likeness (QED) is 0.786. The molecule has 2 rings (SSSR count). The van der Waals surface area contributed by atoms with E-state index in [4.69, 9.17) is 4.74 Å². The molecule has 23 heavy (non-hydrogen) atoms. The third-order valence-corrected chi connectivity index (χ3v) is 5.13. The number of nitrogens with zero attached hydrogens (tertiary/aromatic N) is 2. The molecule has 1 amide bonds. The number of rotatable bonds is 4. The zero-order chi connectivity index (χ0) is 17.1. The van der Waals surface area contributed by atoms with Gasteiger partial charge in [-0.05, 0) is 38.0 Å². The van der Waals surface area contributed by atoms with E-state index >= 15 is 0 Å². The van der Waals surface area contributed by atoms with E-state index in [0.717, 1.165) is 12.8 Å². The largest absolute Gasteiger partial charge is 0.465 e. The Balaban J connectivity index is 2.45. The van der Waals surface area contributed by atoms with E-state index in [9.17, 15) is 13.8 Å². The SMILES string of the molecule is COC(=O)c1cc(C(=O)N2CCC[C@@H]2C)cc(N(C)S(C)=O)c1. The first kappa shape index (κ1) is 17.5. The molecule has 2 atom stereocenters. The third kappa shape index (κ3) is 3.72.